The lowest BCUT2D eigenvalue weighted by Gasteiger charge is -2.34. The molecule has 0 saturated heterocycles. The highest BCUT2D eigenvalue weighted by atomic mass is 16.1. The van der Waals surface area contributed by atoms with E-state index < -0.39 is 0 Å². The molecule has 2 rings (SSSR count). The standard InChI is InChI=1S/C29H42O4.C3H8/c1-9-11-21(22(10-2)26(32)12-17(3)30)13-20-14-24-23(19(5)31)16-25(29(6,7)8)18(4)28(24)27(33)15-20;1-3-2/h16,20-22H,9-15H2,1-8H3;3H2,1-2H3. The summed E-state index contributed by atoms with van der Waals surface area (Å²) in [5.74, 6) is 0.167. The van der Waals surface area contributed by atoms with Crippen molar-refractivity contribution in [3.05, 3.63) is 33.9 Å². The van der Waals surface area contributed by atoms with Crippen molar-refractivity contribution in [2.75, 3.05) is 0 Å². The van der Waals surface area contributed by atoms with E-state index in [1.807, 2.05) is 19.9 Å². The molecule has 4 heteroatoms. The monoisotopic (exact) mass is 498 g/mol. The number of carbonyl (C=O) groups excluding carboxylic acids is 4. The number of carbonyl (C=O) groups is 4. The molecule has 0 spiro atoms. The highest BCUT2D eigenvalue weighted by Crippen LogP contribution is 2.40. The Morgan fingerprint density at radius 2 is 1.61 bits per heavy atom. The molecule has 1 aliphatic carbocycles. The average Bonchev–Trinajstić information content (AvgIpc) is 2.73. The molecule has 0 saturated carbocycles. The van der Waals surface area contributed by atoms with E-state index >= 15 is 0 Å². The number of rotatable bonds is 10. The smallest absolute Gasteiger partial charge is 0.163 e. The van der Waals surface area contributed by atoms with E-state index in [0.717, 1.165) is 41.5 Å². The van der Waals surface area contributed by atoms with Gasteiger partial charge in [-0.05, 0) is 80.0 Å². The minimum atomic E-state index is -0.155. The molecule has 0 aromatic heterocycles. The maximum atomic E-state index is 13.4. The summed E-state index contributed by atoms with van der Waals surface area (Å²) in [5.41, 5.74) is 4.22. The molecular weight excluding hydrogens is 448 g/mol. The van der Waals surface area contributed by atoms with E-state index in [9.17, 15) is 19.2 Å². The van der Waals surface area contributed by atoms with E-state index in [1.54, 1.807) is 6.92 Å². The van der Waals surface area contributed by atoms with Gasteiger partial charge in [0.05, 0.1) is 6.42 Å². The van der Waals surface area contributed by atoms with Crippen LogP contribution >= 0.6 is 0 Å². The molecule has 1 aromatic rings. The number of hydrogen-bond acceptors (Lipinski definition) is 4. The second kappa shape index (κ2) is 14.0. The third kappa shape index (κ3) is 8.21. The van der Waals surface area contributed by atoms with Gasteiger partial charge in [-0.2, -0.15) is 0 Å². The van der Waals surface area contributed by atoms with Gasteiger partial charge in [0, 0.05) is 23.5 Å². The lowest BCUT2D eigenvalue weighted by molar-refractivity contribution is -0.129. The third-order valence-corrected chi connectivity index (χ3v) is 7.27. The van der Waals surface area contributed by atoms with Crippen LogP contribution in [0, 0.1) is 24.7 Å². The lowest BCUT2D eigenvalue weighted by Crippen LogP contribution is -2.31. The van der Waals surface area contributed by atoms with E-state index in [-0.39, 0.29) is 52.7 Å². The zero-order valence-corrected chi connectivity index (χ0v) is 24.6. The predicted molar refractivity (Wildman–Crippen MR) is 149 cm³/mol. The molecular formula is C32H50O4. The van der Waals surface area contributed by atoms with Gasteiger partial charge in [0.15, 0.2) is 11.6 Å². The average molecular weight is 499 g/mol. The van der Waals surface area contributed by atoms with Gasteiger partial charge in [0.25, 0.3) is 0 Å². The normalized spacial score (nSPS) is 16.9. The van der Waals surface area contributed by atoms with E-state index in [4.69, 9.17) is 0 Å². The van der Waals surface area contributed by atoms with Crippen molar-refractivity contribution in [2.24, 2.45) is 17.8 Å². The molecule has 36 heavy (non-hydrogen) atoms. The number of ketones is 4. The molecule has 202 valence electrons. The molecule has 0 aliphatic heterocycles. The van der Waals surface area contributed by atoms with Gasteiger partial charge in [-0.15, -0.1) is 0 Å². The molecule has 1 aliphatic rings. The van der Waals surface area contributed by atoms with Crippen LogP contribution in [0.25, 0.3) is 0 Å². The van der Waals surface area contributed by atoms with Gasteiger partial charge in [-0.1, -0.05) is 67.7 Å². The maximum absolute atomic E-state index is 13.4. The van der Waals surface area contributed by atoms with Crippen molar-refractivity contribution in [1.29, 1.82) is 0 Å². The van der Waals surface area contributed by atoms with Crippen LogP contribution in [0.3, 0.4) is 0 Å². The minimum Gasteiger partial charge on any atom is -0.300 e. The topological polar surface area (TPSA) is 68.3 Å². The summed E-state index contributed by atoms with van der Waals surface area (Å²) in [4.78, 5) is 50.4. The number of hydrogen-bond donors (Lipinski definition) is 0. The Labute approximate surface area is 220 Å². The summed E-state index contributed by atoms with van der Waals surface area (Å²) in [6, 6.07) is 2.00. The fourth-order valence-corrected chi connectivity index (χ4v) is 5.89. The van der Waals surface area contributed by atoms with Crippen LogP contribution in [0.2, 0.25) is 0 Å². The number of Topliss-reactive ketones (excluding diaryl/α,β-unsaturated/α-hetero) is 4. The van der Waals surface area contributed by atoms with Crippen LogP contribution in [0.5, 0.6) is 0 Å². The zero-order valence-electron chi connectivity index (χ0n) is 24.6. The van der Waals surface area contributed by atoms with Crippen LogP contribution in [0.4, 0.5) is 0 Å². The molecule has 1 aromatic carbocycles. The van der Waals surface area contributed by atoms with Crippen LogP contribution in [-0.4, -0.2) is 23.1 Å². The number of benzene rings is 1. The van der Waals surface area contributed by atoms with Crippen molar-refractivity contribution >= 4 is 23.1 Å². The van der Waals surface area contributed by atoms with Crippen molar-refractivity contribution in [2.45, 2.75) is 126 Å². The molecule has 0 radical (unpaired) electrons. The first-order valence-corrected chi connectivity index (χ1v) is 14.0. The van der Waals surface area contributed by atoms with Crippen LogP contribution in [0.15, 0.2) is 6.07 Å². The van der Waals surface area contributed by atoms with E-state index in [0.29, 0.717) is 24.8 Å². The summed E-state index contributed by atoms with van der Waals surface area (Å²) in [6.07, 6.45) is 5.74. The molecule has 3 unspecified atom stereocenters. The highest BCUT2D eigenvalue weighted by molar-refractivity contribution is 6.05. The molecule has 0 heterocycles. The van der Waals surface area contributed by atoms with Crippen molar-refractivity contribution in [3.63, 3.8) is 0 Å². The van der Waals surface area contributed by atoms with Crippen LogP contribution in [0.1, 0.15) is 145 Å². The van der Waals surface area contributed by atoms with Crippen molar-refractivity contribution in [3.8, 4) is 0 Å². The molecule has 3 atom stereocenters. The Balaban J connectivity index is 0.00000205. The maximum Gasteiger partial charge on any atom is 0.163 e. The van der Waals surface area contributed by atoms with Crippen molar-refractivity contribution in [1.82, 2.24) is 0 Å². The van der Waals surface area contributed by atoms with Gasteiger partial charge >= 0.3 is 0 Å². The summed E-state index contributed by atoms with van der Waals surface area (Å²) in [6.45, 7) is 19.8. The first-order valence-electron chi connectivity index (χ1n) is 14.0. The van der Waals surface area contributed by atoms with Gasteiger partial charge in [0.1, 0.15) is 11.6 Å². The van der Waals surface area contributed by atoms with Gasteiger partial charge in [0.2, 0.25) is 0 Å². The number of fused-ring (bicyclic) bond motifs is 1. The molecule has 0 bridgehead atoms. The lowest BCUT2D eigenvalue weighted by atomic mass is 9.69. The van der Waals surface area contributed by atoms with E-state index in [2.05, 4.69) is 41.5 Å². The Hall–Kier alpha value is -2.10. The minimum absolute atomic E-state index is 0.00150. The molecule has 0 fully saturated rings. The molecule has 0 amide bonds. The Morgan fingerprint density at radius 3 is 2.06 bits per heavy atom. The van der Waals surface area contributed by atoms with Crippen LogP contribution in [-0.2, 0) is 21.4 Å². The fraction of sp³-hybridized carbons (Fsp3) is 0.688. The predicted octanol–water partition coefficient (Wildman–Crippen LogP) is 8.04. The first-order chi connectivity index (χ1) is 16.7. The largest absolute Gasteiger partial charge is 0.300 e. The summed E-state index contributed by atoms with van der Waals surface area (Å²) in [5, 5.41) is 0. The SMILES string of the molecule is CCC.CCCC(CC1CC(=O)c2c(C)c(C(C)(C)C)cc(C(C)=O)c2C1)C(CC)C(=O)CC(C)=O. The third-order valence-electron chi connectivity index (χ3n) is 7.27. The Kier molecular flexibility index (Phi) is 12.4. The van der Waals surface area contributed by atoms with Gasteiger partial charge < -0.3 is 0 Å². The van der Waals surface area contributed by atoms with Gasteiger partial charge in [-0.3, -0.25) is 19.2 Å². The van der Waals surface area contributed by atoms with Crippen LogP contribution < -0.4 is 0 Å². The summed E-state index contributed by atoms with van der Waals surface area (Å²) < 4.78 is 0. The first kappa shape index (κ1) is 31.9. The molecule has 0 N–H and O–H groups in total. The quantitative estimate of drug-likeness (QED) is 0.242. The highest BCUT2D eigenvalue weighted by Gasteiger charge is 2.35. The summed E-state index contributed by atoms with van der Waals surface area (Å²) >= 11 is 0. The van der Waals surface area contributed by atoms with Gasteiger partial charge in [-0.25, -0.2) is 0 Å². The summed E-state index contributed by atoms with van der Waals surface area (Å²) in [7, 11) is 0. The second-order valence-corrected chi connectivity index (χ2v) is 11.8. The second-order valence-electron chi connectivity index (χ2n) is 11.8. The fourth-order valence-electron chi connectivity index (χ4n) is 5.89. The van der Waals surface area contributed by atoms with E-state index in [1.165, 1.54) is 13.3 Å². The Morgan fingerprint density at radius 1 is 1.03 bits per heavy atom. The van der Waals surface area contributed by atoms with Crippen molar-refractivity contribution < 1.29 is 19.2 Å². The Bertz CT molecular complexity index is 948. The molecule has 4 nitrogen and oxygen atoms in total. The zero-order chi connectivity index (χ0) is 27.8.